The number of aryl methyl sites for hydroxylation is 2. The number of rotatable bonds is 3. The first kappa shape index (κ1) is 13.6. The molecule has 0 unspecified atom stereocenters. The van der Waals surface area contributed by atoms with Crippen LogP contribution in [0.25, 0.3) is 11.0 Å². The maximum Gasteiger partial charge on any atom is 0.363 e. The van der Waals surface area contributed by atoms with Gasteiger partial charge in [-0.2, -0.15) is 5.10 Å². The Hall–Kier alpha value is -2.34. The largest absolute Gasteiger partial charge is 0.399 e. The van der Waals surface area contributed by atoms with E-state index in [2.05, 4.69) is 10.3 Å². The number of ether oxygens (including phenoxy) is 1. The lowest BCUT2D eigenvalue weighted by Crippen LogP contribution is -2.15. The van der Waals surface area contributed by atoms with Gasteiger partial charge < -0.3 is 9.26 Å². The van der Waals surface area contributed by atoms with Crippen LogP contribution in [0, 0.1) is 6.92 Å². The van der Waals surface area contributed by atoms with E-state index in [1.807, 2.05) is 13.8 Å². The topological polar surface area (TPSA) is 70.2 Å². The van der Waals surface area contributed by atoms with E-state index in [-0.39, 0.29) is 5.88 Å². The third-order valence-electron chi connectivity index (χ3n) is 3.00. The molecular weight excluding hydrogens is 294 g/mol. The zero-order valence-electron chi connectivity index (χ0n) is 11.5. The number of carbonyl (C=O) groups excluding carboxylic acids is 1. The monoisotopic (exact) mass is 305 g/mol. The maximum atomic E-state index is 12.2. The Morgan fingerprint density at radius 2 is 2.24 bits per heavy atom. The zero-order chi connectivity index (χ0) is 15.0. The predicted octanol–water partition coefficient (Wildman–Crippen LogP) is 3.23. The van der Waals surface area contributed by atoms with Crippen LogP contribution in [-0.2, 0) is 6.54 Å². The minimum Gasteiger partial charge on any atom is -0.399 e. The van der Waals surface area contributed by atoms with E-state index in [0.29, 0.717) is 28.2 Å². The van der Waals surface area contributed by atoms with Gasteiger partial charge in [0.25, 0.3) is 5.88 Å². The Kier molecular flexibility index (Phi) is 3.39. The number of halogens is 1. The molecule has 0 atom stereocenters. The van der Waals surface area contributed by atoms with E-state index in [4.69, 9.17) is 20.9 Å². The van der Waals surface area contributed by atoms with Gasteiger partial charge >= 0.3 is 5.97 Å². The summed E-state index contributed by atoms with van der Waals surface area (Å²) in [6.45, 7) is 4.29. The van der Waals surface area contributed by atoms with Crippen molar-refractivity contribution in [3.05, 3.63) is 40.7 Å². The Morgan fingerprint density at radius 3 is 3.00 bits per heavy atom. The van der Waals surface area contributed by atoms with Crippen LogP contribution in [0.5, 0.6) is 5.88 Å². The molecule has 3 aromatic rings. The third kappa shape index (κ3) is 2.50. The standard InChI is InChI=1S/C14H12ClN3O3/c1-3-18-11(6-8(2)16-18)14(19)20-13-10-5-4-9(15)7-12(10)21-17-13/h4-7H,3H2,1-2H3. The summed E-state index contributed by atoms with van der Waals surface area (Å²) >= 11 is 5.86. The van der Waals surface area contributed by atoms with Crippen LogP contribution in [0.1, 0.15) is 23.1 Å². The van der Waals surface area contributed by atoms with Crippen molar-refractivity contribution in [2.75, 3.05) is 0 Å². The summed E-state index contributed by atoms with van der Waals surface area (Å²) < 4.78 is 12.0. The average molecular weight is 306 g/mol. The van der Waals surface area contributed by atoms with Crippen molar-refractivity contribution in [2.45, 2.75) is 20.4 Å². The first-order valence-electron chi connectivity index (χ1n) is 6.40. The molecule has 0 aliphatic heterocycles. The molecule has 0 radical (unpaired) electrons. The van der Waals surface area contributed by atoms with Gasteiger partial charge in [-0.3, -0.25) is 4.68 Å². The van der Waals surface area contributed by atoms with Gasteiger partial charge in [-0.1, -0.05) is 11.6 Å². The summed E-state index contributed by atoms with van der Waals surface area (Å²) in [6.07, 6.45) is 0. The Bertz CT molecular complexity index is 822. The highest BCUT2D eigenvalue weighted by Gasteiger charge is 2.19. The zero-order valence-corrected chi connectivity index (χ0v) is 12.2. The first-order chi connectivity index (χ1) is 10.1. The van der Waals surface area contributed by atoms with Crippen molar-refractivity contribution in [3.8, 4) is 5.88 Å². The van der Waals surface area contributed by atoms with Gasteiger partial charge in [0, 0.05) is 17.6 Å². The second-order valence-corrected chi connectivity index (χ2v) is 4.94. The lowest BCUT2D eigenvalue weighted by molar-refractivity contribution is 0.0710. The smallest absolute Gasteiger partial charge is 0.363 e. The molecule has 0 aliphatic rings. The van der Waals surface area contributed by atoms with Crippen LogP contribution in [0.4, 0.5) is 0 Å². The molecule has 0 spiro atoms. The summed E-state index contributed by atoms with van der Waals surface area (Å²) in [7, 11) is 0. The number of benzene rings is 1. The molecule has 3 rings (SSSR count). The quantitative estimate of drug-likeness (QED) is 0.695. The van der Waals surface area contributed by atoms with Crippen LogP contribution in [0.2, 0.25) is 5.02 Å². The summed E-state index contributed by atoms with van der Waals surface area (Å²) in [5, 5.41) is 9.08. The van der Waals surface area contributed by atoms with E-state index in [1.165, 1.54) is 0 Å². The second kappa shape index (κ2) is 5.21. The van der Waals surface area contributed by atoms with Crippen molar-refractivity contribution in [3.63, 3.8) is 0 Å². The summed E-state index contributed by atoms with van der Waals surface area (Å²) in [5.74, 6) is -0.407. The molecule has 2 heterocycles. The minimum absolute atomic E-state index is 0.119. The molecule has 0 N–H and O–H groups in total. The van der Waals surface area contributed by atoms with Crippen molar-refractivity contribution in [2.24, 2.45) is 0 Å². The summed E-state index contributed by atoms with van der Waals surface area (Å²) in [4.78, 5) is 12.2. The molecule has 0 fully saturated rings. The van der Waals surface area contributed by atoms with Gasteiger partial charge in [0.2, 0.25) is 0 Å². The van der Waals surface area contributed by atoms with Gasteiger partial charge in [-0.25, -0.2) is 4.79 Å². The fourth-order valence-electron chi connectivity index (χ4n) is 2.05. The molecule has 0 bridgehead atoms. The van der Waals surface area contributed by atoms with E-state index in [0.717, 1.165) is 5.69 Å². The van der Waals surface area contributed by atoms with Crippen LogP contribution in [-0.4, -0.2) is 20.9 Å². The lowest BCUT2D eigenvalue weighted by atomic mass is 10.2. The fourth-order valence-corrected chi connectivity index (χ4v) is 2.21. The van der Waals surface area contributed by atoms with Crippen molar-refractivity contribution >= 4 is 28.5 Å². The lowest BCUT2D eigenvalue weighted by Gasteiger charge is -2.03. The Labute approximate surface area is 125 Å². The second-order valence-electron chi connectivity index (χ2n) is 4.50. The third-order valence-corrected chi connectivity index (χ3v) is 3.24. The highest BCUT2D eigenvalue weighted by atomic mass is 35.5. The molecular formula is C14H12ClN3O3. The van der Waals surface area contributed by atoms with Gasteiger partial charge in [0.1, 0.15) is 5.69 Å². The minimum atomic E-state index is -0.525. The van der Waals surface area contributed by atoms with E-state index in [1.54, 1.807) is 28.9 Å². The van der Waals surface area contributed by atoms with Crippen molar-refractivity contribution in [1.29, 1.82) is 0 Å². The Balaban J connectivity index is 1.92. The van der Waals surface area contributed by atoms with Crippen LogP contribution < -0.4 is 4.74 Å². The molecule has 1 aromatic carbocycles. The molecule has 0 saturated heterocycles. The molecule has 7 heteroatoms. The molecule has 0 saturated carbocycles. The van der Waals surface area contributed by atoms with E-state index in [9.17, 15) is 4.79 Å². The first-order valence-corrected chi connectivity index (χ1v) is 6.78. The van der Waals surface area contributed by atoms with Crippen LogP contribution in [0.15, 0.2) is 28.8 Å². The highest BCUT2D eigenvalue weighted by molar-refractivity contribution is 6.31. The van der Waals surface area contributed by atoms with Crippen molar-refractivity contribution < 1.29 is 14.1 Å². The number of nitrogens with zero attached hydrogens (tertiary/aromatic N) is 3. The predicted molar refractivity (Wildman–Crippen MR) is 76.6 cm³/mol. The number of fused-ring (bicyclic) bond motifs is 1. The average Bonchev–Trinajstić information content (AvgIpc) is 3.02. The summed E-state index contributed by atoms with van der Waals surface area (Å²) in [6, 6.07) is 6.66. The van der Waals surface area contributed by atoms with E-state index >= 15 is 0 Å². The van der Waals surface area contributed by atoms with Gasteiger partial charge in [-0.05, 0) is 37.2 Å². The van der Waals surface area contributed by atoms with Crippen LogP contribution >= 0.6 is 11.6 Å². The molecule has 108 valence electrons. The Morgan fingerprint density at radius 1 is 1.43 bits per heavy atom. The number of carbonyl (C=O) groups is 1. The number of hydrogen-bond acceptors (Lipinski definition) is 5. The van der Waals surface area contributed by atoms with Gasteiger partial charge in [0.15, 0.2) is 5.58 Å². The molecule has 6 nitrogen and oxygen atoms in total. The normalized spacial score (nSPS) is 11.0. The molecule has 0 amide bonds. The molecule has 21 heavy (non-hydrogen) atoms. The van der Waals surface area contributed by atoms with E-state index < -0.39 is 5.97 Å². The number of hydrogen-bond donors (Lipinski definition) is 0. The van der Waals surface area contributed by atoms with Crippen molar-refractivity contribution in [1.82, 2.24) is 14.9 Å². The highest BCUT2D eigenvalue weighted by Crippen LogP contribution is 2.27. The number of esters is 1. The SMILES string of the molecule is CCn1nc(C)cc1C(=O)Oc1noc2cc(Cl)ccc12. The molecule has 0 aliphatic carbocycles. The fraction of sp³-hybridized carbons (Fsp3) is 0.214. The van der Waals surface area contributed by atoms with Gasteiger partial charge in [0.05, 0.1) is 11.1 Å². The van der Waals surface area contributed by atoms with Crippen LogP contribution in [0.3, 0.4) is 0 Å². The summed E-state index contributed by atoms with van der Waals surface area (Å²) in [5.41, 5.74) is 1.59. The molecule has 2 aromatic heterocycles. The maximum absolute atomic E-state index is 12.2. The number of aromatic nitrogens is 3. The van der Waals surface area contributed by atoms with Gasteiger partial charge in [-0.15, -0.1) is 0 Å².